The molecule has 2 N–H and O–H groups in total. The lowest BCUT2D eigenvalue weighted by atomic mass is 10.0. The quantitative estimate of drug-likeness (QED) is 0.499. The van der Waals surface area contributed by atoms with Crippen LogP contribution in [0.1, 0.15) is 0 Å². The highest BCUT2D eigenvalue weighted by Crippen LogP contribution is 2.26. The van der Waals surface area contributed by atoms with E-state index in [0.717, 1.165) is 33.1 Å². The summed E-state index contributed by atoms with van der Waals surface area (Å²) in [6.45, 7) is 0. The third-order valence-corrected chi connectivity index (χ3v) is 4.68. The summed E-state index contributed by atoms with van der Waals surface area (Å²) in [6.07, 6.45) is 0. The van der Waals surface area contributed by atoms with Gasteiger partial charge in [-0.05, 0) is 59.0 Å². The highest BCUT2D eigenvalue weighted by atomic mass is 16.3. The fourth-order valence-corrected chi connectivity index (χ4v) is 3.34. The van der Waals surface area contributed by atoms with E-state index in [-0.39, 0.29) is 11.3 Å². The summed E-state index contributed by atoms with van der Waals surface area (Å²) in [7, 11) is 0. The number of benzene rings is 3. The first-order valence-corrected chi connectivity index (χ1v) is 8.59. The first kappa shape index (κ1) is 15.4. The Hall–Kier alpha value is -3.86. The van der Waals surface area contributed by atoms with Gasteiger partial charge in [0.1, 0.15) is 5.75 Å². The highest BCUT2D eigenvalue weighted by molar-refractivity contribution is 5.86. The van der Waals surface area contributed by atoms with Gasteiger partial charge in [-0.15, -0.1) is 0 Å². The van der Waals surface area contributed by atoms with Gasteiger partial charge in [0.05, 0.1) is 16.6 Å². The number of hydrogen-bond donors (Lipinski definition) is 2. The van der Waals surface area contributed by atoms with Crippen molar-refractivity contribution in [3.63, 3.8) is 0 Å². The maximum atomic E-state index is 12.6. The Bertz CT molecular complexity index is 1310. The average molecular weight is 353 g/mol. The molecule has 0 atom stereocenters. The van der Waals surface area contributed by atoms with Gasteiger partial charge >= 0.3 is 0 Å². The molecule has 0 aliphatic heterocycles. The number of phenolic OH excluding ortho intramolecular Hbond substituents is 1. The van der Waals surface area contributed by atoms with Gasteiger partial charge in [-0.2, -0.15) is 0 Å². The number of aromatic hydroxyl groups is 1. The van der Waals surface area contributed by atoms with E-state index in [0.29, 0.717) is 5.95 Å². The molecule has 0 amide bonds. The summed E-state index contributed by atoms with van der Waals surface area (Å²) < 4.78 is 1.59. The predicted octanol–water partition coefficient (Wildman–Crippen LogP) is 4.24. The van der Waals surface area contributed by atoms with Crippen LogP contribution in [-0.4, -0.2) is 19.6 Å². The van der Waals surface area contributed by atoms with Gasteiger partial charge in [-0.1, -0.05) is 30.3 Å². The summed E-state index contributed by atoms with van der Waals surface area (Å²) in [5.74, 6) is 0.738. The Balaban J connectivity index is 1.71. The SMILES string of the molecule is O=c1ccc2cc(-c3ccc(O)cc3)ccc2n1-c1nc2ccccc2[nH]1. The molecule has 0 aliphatic carbocycles. The Morgan fingerprint density at radius 2 is 1.63 bits per heavy atom. The number of H-pyrrole nitrogens is 1. The molecule has 0 saturated carbocycles. The van der Waals surface area contributed by atoms with E-state index in [1.807, 2.05) is 60.7 Å². The van der Waals surface area contributed by atoms with Crippen LogP contribution in [0.2, 0.25) is 0 Å². The maximum Gasteiger partial charge on any atom is 0.257 e. The third-order valence-electron chi connectivity index (χ3n) is 4.68. The van der Waals surface area contributed by atoms with Crippen LogP contribution in [0, 0.1) is 0 Å². The van der Waals surface area contributed by atoms with Crippen molar-refractivity contribution >= 4 is 21.9 Å². The van der Waals surface area contributed by atoms with Gasteiger partial charge in [0.25, 0.3) is 5.56 Å². The summed E-state index contributed by atoms with van der Waals surface area (Å²) in [5.41, 5.74) is 4.35. The van der Waals surface area contributed by atoms with Crippen LogP contribution in [-0.2, 0) is 0 Å². The molecule has 0 bridgehead atoms. The normalized spacial score (nSPS) is 11.3. The van der Waals surface area contributed by atoms with E-state index in [9.17, 15) is 9.90 Å². The van der Waals surface area contributed by atoms with E-state index >= 15 is 0 Å². The molecule has 5 aromatic rings. The Labute approximate surface area is 154 Å². The summed E-state index contributed by atoms with van der Waals surface area (Å²) in [4.78, 5) is 20.4. The number of hydrogen-bond acceptors (Lipinski definition) is 3. The predicted molar refractivity (Wildman–Crippen MR) is 106 cm³/mol. The number of para-hydroxylation sites is 2. The minimum Gasteiger partial charge on any atom is -0.508 e. The van der Waals surface area contributed by atoms with E-state index < -0.39 is 0 Å². The van der Waals surface area contributed by atoms with Crippen molar-refractivity contribution in [3.8, 4) is 22.8 Å². The van der Waals surface area contributed by atoms with Crippen molar-refractivity contribution in [2.45, 2.75) is 0 Å². The standard InChI is InChI=1S/C22H15N3O2/c26-17-9-5-14(6-10-17)15-7-11-20-16(13-15)8-12-21(27)25(20)22-23-18-3-1-2-4-19(18)24-22/h1-13,26H,(H,23,24). The minimum atomic E-state index is -0.140. The molecule has 0 fully saturated rings. The molecule has 3 aromatic carbocycles. The molecule has 5 rings (SSSR count). The second kappa shape index (κ2) is 5.85. The first-order chi connectivity index (χ1) is 13.2. The molecule has 0 unspecified atom stereocenters. The number of pyridine rings is 1. The van der Waals surface area contributed by atoms with Crippen LogP contribution in [0.3, 0.4) is 0 Å². The van der Waals surface area contributed by atoms with Crippen molar-refractivity contribution < 1.29 is 5.11 Å². The lowest BCUT2D eigenvalue weighted by molar-refractivity contribution is 0.475. The molecular weight excluding hydrogens is 338 g/mol. The Morgan fingerprint density at radius 3 is 2.44 bits per heavy atom. The Morgan fingerprint density at radius 1 is 0.852 bits per heavy atom. The van der Waals surface area contributed by atoms with E-state index in [4.69, 9.17) is 0 Å². The second-order valence-electron chi connectivity index (χ2n) is 6.41. The van der Waals surface area contributed by atoms with E-state index in [1.165, 1.54) is 0 Å². The lowest BCUT2D eigenvalue weighted by Gasteiger charge is -2.09. The van der Waals surface area contributed by atoms with Crippen molar-refractivity contribution in [1.82, 2.24) is 14.5 Å². The minimum absolute atomic E-state index is 0.140. The van der Waals surface area contributed by atoms with E-state index in [1.54, 1.807) is 22.8 Å². The highest BCUT2D eigenvalue weighted by Gasteiger charge is 2.11. The largest absolute Gasteiger partial charge is 0.508 e. The van der Waals surface area contributed by atoms with Crippen LogP contribution in [0.5, 0.6) is 5.75 Å². The summed E-state index contributed by atoms with van der Waals surface area (Å²) in [5, 5.41) is 10.4. The number of nitrogens with zero attached hydrogens (tertiary/aromatic N) is 2. The van der Waals surface area contributed by atoms with Gasteiger partial charge in [0, 0.05) is 6.07 Å². The molecule has 130 valence electrons. The molecule has 0 aliphatic rings. The first-order valence-electron chi connectivity index (χ1n) is 8.59. The monoisotopic (exact) mass is 353 g/mol. The molecule has 2 aromatic heterocycles. The molecule has 0 radical (unpaired) electrons. The molecule has 5 heteroatoms. The lowest BCUT2D eigenvalue weighted by Crippen LogP contribution is -2.18. The van der Waals surface area contributed by atoms with Crippen LogP contribution in [0.4, 0.5) is 0 Å². The fraction of sp³-hybridized carbons (Fsp3) is 0. The van der Waals surface area contributed by atoms with Crippen LogP contribution in [0.15, 0.2) is 83.7 Å². The van der Waals surface area contributed by atoms with Crippen molar-refractivity contribution in [1.29, 1.82) is 0 Å². The average Bonchev–Trinajstić information content (AvgIpc) is 3.11. The van der Waals surface area contributed by atoms with Gasteiger partial charge in [0.15, 0.2) is 0 Å². The van der Waals surface area contributed by atoms with E-state index in [2.05, 4.69) is 9.97 Å². The number of imidazole rings is 1. The number of fused-ring (bicyclic) bond motifs is 2. The summed E-state index contributed by atoms with van der Waals surface area (Å²) in [6, 6.07) is 24.0. The summed E-state index contributed by atoms with van der Waals surface area (Å²) >= 11 is 0. The third kappa shape index (κ3) is 2.57. The van der Waals surface area contributed by atoms with Crippen LogP contribution < -0.4 is 5.56 Å². The second-order valence-corrected chi connectivity index (χ2v) is 6.41. The van der Waals surface area contributed by atoms with Crippen molar-refractivity contribution in [2.24, 2.45) is 0 Å². The van der Waals surface area contributed by atoms with Gasteiger partial charge in [-0.25, -0.2) is 9.55 Å². The Kier molecular flexibility index (Phi) is 3.33. The number of nitrogens with one attached hydrogen (secondary N) is 1. The molecule has 0 spiro atoms. The van der Waals surface area contributed by atoms with Gasteiger partial charge in [0.2, 0.25) is 5.95 Å². The smallest absolute Gasteiger partial charge is 0.257 e. The van der Waals surface area contributed by atoms with Gasteiger partial charge in [-0.3, -0.25) is 4.79 Å². The van der Waals surface area contributed by atoms with Crippen LogP contribution in [0.25, 0.3) is 39.0 Å². The molecule has 27 heavy (non-hydrogen) atoms. The zero-order chi connectivity index (χ0) is 18.4. The molecular formula is C22H15N3O2. The number of aromatic amines is 1. The molecule has 5 nitrogen and oxygen atoms in total. The number of rotatable bonds is 2. The zero-order valence-corrected chi connectivity index (χ0v) is 14.3. The fourth-order valence-electron chi connectivity index (χ4n) is 3.34. The van der Waals surface area contributed by atoms with Crippen molar-refractivity contribution in [3.05, 3.63) is 89.2 Å². The van der Waals surface area contributed by atoms with Gasteiger partial charge < -0.3 is 10.1 Å². The zero-order valence-electron chi connectivity index (χ0n) is 14.3. The molecule has 0 saturated heterocycles. The number of phenols is 1. The van der Waals surface area contributed by atoms with Crippen LogP contribution >= 0.6 is 0 Å². The topological polar surface area (TPSA) is 70.9 Å². The maximum absolute atomic E-state index is 12.6. The number of aromatic nitrogens is 3. The molecule has 2 heterocycles. The van der Waals surface area contributed by atoms with Crippen molar-refractivity contribution in [2.75, 3.05) is 0 Å².